The summed E-state index contributed by atoms with van der Waals surface area (Å²) in [5, 5.41) is 4.73. The Morgan fingerprint density at radius 1 is 1.30 bits per heavy atom. The van der Waals surface area contributed by atoms with Gasteiger partial charge in [0.1, 0.15) is 0 Å². The highest BCUT2D eigenvalue weighted by atomic mass is 79.9. The summed E-state index contributed by atoms with van der Waals surface area (Å²) in [5.74, 6) is 1.03. The number of hydrogen-bond donors (Lipinski definition) is 1. The van der Waals surface area contributed by atoms with Crippen LogP contribution in [0.25, 0.3) is 22.8 Å². The van der Waals surface area contributed by atoms with E-state index in [9.17, 15) is 0 Å². The Balaban J connectivity index is 1.97. The van der Waals surface area contributed by atoms with E-state index >= 15 is 0 Å². The largest absolute Gasteiger partial charge is 0.390 e. The Bertz CT molecular complexity index is 733. The summed E-state index contributed by atoms with van der Waals surface area (Å²) in [6.07, 6.45) is 0.947. The second-order valence-corrected chi connectivity index (χ2v) is 6.36. The zero-order chi connectivity index (χ0) is 14.1. The molecule has 6 heteroatoms. The number of rotatable bonds is 3. The standard InChI is InChI=1S/C14H12BrN3OS/c1-2-10-7-11(12(16)20-10)14-17-13(18-19-14)8-3-5-9(15)6-4-8/h3-7H,2,16H2,1H3. The van der Waals surface area contributed by atoms with E-state index < -0.39 is 0 Å². The SMILES string of the molecule is CCc1cc(-c2nc(-c3ccc(Br)cc3)no2)c(N)s1. The van der Waals surface area contributed by atoms with Crippen molar-refractivity contribution < 1.29 is 4.52 Å². The monoisotopic (exact) mass is 349 g/mol. The number of nitrogens with two attached hydrogens (primary N) is 1. The van der Waals surface area contributed by atoms with Crippen molar-refractivity contribution in [2.24, 2.45) is 0 Å². The third kappa shape index (κ3) is 2.48. The molecule has 0 radical (unpaired) electrons. The molecule has 3 aromatic rings. The highest BCUT2D eigenvalue weighted by Crippen LogP contribution is 2.34. The zero-order valence-electron chi connectivity index (χ0n) is 10.8. The van der Waals surface area contributed by atoms with Crippen LogP contribution in [0.15, 0.2) is 39.3 Å². The Kier molecular flexibility index (Phi) is 3.58. The van der Waals surface area contributed by atoms with Gasteiger partial charge >= 0.3 is 0 Å². The van der Waals surface area contributed by atoms with Gasteiger partial charge in [-0.1, -0.05) is 28.0 Å². The molecular weight excluding hydrogens is 338 g/mol. The van der Waals surface area contributed by atoms with Crippen LogP contribution < -0.4 is 5.73 Å². The summed E-state index contributed by atoms with van der Waals surface area (Å²) >= 11 is 4.96. The predicted molar refractivity (Wildman–Crippen MR) is 84.5 cm³/mol. The zero-order valence-corrected chi connectivity index (χ0v) is 13.2. The fourth-order valence-electron chi connectivity index (χ4n) is 1.85. The smallest absolute Gasteiger partial charge is 0.261 e. The first-order valence-electron chi connectivity index (χ1n) is 6.15. The minimum Gasteiger partial charge on any atom is -0.390 e. The van der Waals surface area contributed by atoms with E-state index in [1.807, 2.05) is 30.3 Å². The molecule has 0 aliphatic rings. The van der Waals surface area contributed by atoms with Crippen molar-refractivity contribution in [3.05, 3.63) is 39.7 Å². The minimum atomic E-state index is 0.469. The molecule has 2 aromatic heterocycles. The van der Waals surface area contributed by atoms with E-state index in [0.29, 0.717) is 16.7 Å². The van der Waals surface area contributed by atoms with Crippen molar-refractivity contribution in [2.45, 2.75) is 13.3 Å². The maximum atomic E-state index is 6.00. The second kappa shape index (κ2) is 5.38. The molecular formula is C14H12BrN3OS. The second-order valence-electron chi connectivity index (χ2n) is 4.27. The van der Waals surface area contributed by atoms with E-state index in [0.717, 1.165) is 22.0 Å². The van der Waals surface area contributed by atoms with Gasteiger partial charge in [-0.2, -0.15) is 4.98 Å². The molecule has 20 heavy (non-hydrogen) atoms. The van der Waals surface area contributed by atoms with Gasteiger partial charge in [-0.3, -0.25) is 0 Å². The first kappa shape index (κ1) is 13.3. The molecule has 0 bridgehead atoms. The Hall–Kier alpha value is -1.66. The van der Waals surface area contributed by atoms with Crippen LogP contribution in [0.1, 0.15) is 11.8 Å². The number of hydrogen-bond acceptors (Lipinski definition) is 5. The van der Waals surface area contributed by atoms with Crippen LogP contribution in [0.3, 0.4) is 0 Å². The van der Waals surface area contributed by atoms with E-state index in [2.05, 4.69) is 33.0 Å². The van der Waals surface area contributed by atoms with Crippen LogP contribution >= 0.6 is 27.3 Å². The van der Waals surface area contributed by atoms with E-state index in [-0.39, 0.29) is 0 Å². The number of nitrogen functional groups attached to an aromatic ring is 1. The molecule has 0 amide bonds. The lowest BCUT2D eigenvalue weighted by atomic mass is 10.2. The molecule has 0 saturated carbocycles. The molecule has 3 rings (SSSR count). The van der Waals surface area contributed by atoms with Gasteiger partial charge in [0.15, 0.2) is 0 Å². The summed E-state index contributed by atoms with van der Waals surface area (Å²) in [5.41, 5.74) is 7.73. The van der Waals surface area contributed by atoms with E-state index in [1.54, 1.807) is 11.3 Å². The van der Waals surface area contributed by atoms with E-state index in [4.69, 9.17) is 10.3 Å². The molecule has 4 nitrogen and oxygen atoms in total. The van der Waals surface area contributed by atoms with E-state index in [1.165, 1.54) is 4.88 Å². The molecule has 0 fully saturated rings. The number of nitrogens with zero attached hydrogens (tertiary/aromatic N) is 2. The van der Waals surface area contributed by atoms with Gasteiger partial charge in [0.2, 0.25) is 5.82 Å². The molecule has 0 aliphatic heterocycles. The molecule has 0 unspecified atom stereocenters. The molecule has 1 aromatic carbocycles. The third-order valence-electron chi connectivity index (χ3n) is 2.92. The molecule has 0 aliphatic carbocycles. The summed E-state index contributed by atoms with van der Waals surface area (Å²) in [6.45, 7) is 2.09. The Morgan fingerprint density at radius 2 is 2.05 bits per heavy atom. The van der Waals surface area contributed by atoms with Gasteiger partial charge < -0.3 is 10.3 Å². The maximum Gasteiger partial charge on any atom is 0.261 e. The quantitative estimate of drug-likeness (QED) is 0.762. The van der Waals surface area contributed by atoms with Crippen LogP contribution in [0.4, 0.5) is 5.00 Å². The predicted octanol–water partition coefficient (Wildman–Crippen LogP) is 4.37. The maximum absolute atomic E-state index is 6.00. The summed E-state index contributed by atoms with van der Waals surface area (Å²) in [4.78, 5) is 5.63. The van der Waals surface area contributed by atoms with Gasteiger partial charge in [-0.15, -0.1) is 11.3 Å². The van der Waals surface area contributed by atoms with Gasteiger partial charge in [0.25, 0.3) is 5.89 Å². The van der Waals surface area contributed by atoms with Crippen molar-refractivity contribution in [1.82, 2.24) is 10.1 Å². The van der Waals surface area contributed by atoms with Crippen molar-refractivity contribution in [3.8, 4) is 22.8 Å². The number of thiophene rings is 1. The topological polar surface area (TPSA) is 64.9 Å². The van der Waals surface area contributed by atoms with Gasteiger partial charge in [0.05, 0.1) is 10.6 Å². The fourth-order valence-corrected chi connectivity index (χ4v) is 2.97. The molecule has 0 spiro atoms. The number of aryl methyl sites for hydroxylation is 1. The third-order valence-corrected chi connectivity index (χ3v) is 4.56. The summed E-state index contributed by atoms with van der Waals surface area (Å²) < 4.78 is 6.34. The molecule has 2 N–H and O–H groups in total. The number of aromatic nitrogens is 2. The van der Waals surface area contributed by atoms with Crippen molar-refractivity contribution in [2.75, 3.05) is 5.73 Å². The van der Waals surface area contributed by atoms with Crippen LogP contribution in [0.2, 0.25) is 0 Å². The van der Waals surface area contributed by atoms with Gasteiger partial charge in [0, 0.05) is 14.9 Å². The fraction of sp³-hybridized carbons (Fsp3) is 0.143. The summed E-state index contributed by atoms with van der Waals surface area (Å²) in [7, 11) is 0. The van der Waals surface area contributed by atoms with Crippen molar-refractivity contribution in [3.63, 3.8) is 0 Å². The Morgan fingerprint density at radius 3 is 2.70 bits per heavy atom. The minimum absolute atomic E-state index is 0.469. The molecule has 102 valence electrons. The highest BCUT2D eigenvalue weighted by molar-refractivity contribution is 9.10. The van der Waals surface area contributed by atoms with Crippen LogP contribution in [-0.4, -0.2) is 10.1 Å². The lowest BCUT2D eigenvalue weighted by molar-refractivity contribution is 0.432. The lowest BCUT2D eigenvalue weighted by Gasteiger charge is -1.93. The molecule has 0 saturated heterocycles. The Labute approximate surface area is 128 Å². The average Bonchev–Trinajstić information content (AvgIpc) is 3.06. The average molecular weight is 350 g/mol. The normalized spacial score (nSPS) is 10.9. The first-order valence-corrected chi connectivity index (χ1v) is 7.76. The highest BCUT2D eigenvalue weighted by Gasteiger charge is 2.15. The van der Waals surface area contributed by atoms with Crippen LogP contribution in [0.5, 0.6) is 0 Å². The van der Waals surface area contributed by atoms with Gasteiger partial charge in [-0.05, 0) is 36.8 Å². The first-order chi connectivity index (χ1) is 9.67. The number of halogens is 1. The van der Waals surface area contributed by atoms with Crippen molar-refractivity contribution in [1.29, 1.82) is 0 Å². The van der Waals surface area contributed by atoms with Gasteiger partial charge in [-0.25, -0.2) is 0 Å². The molecule has 2 heterocycles. The lowest BCUT2D eigenvalue weighted by Crippen LogP contribution is -1.84. The number of benzene rings is 1. The molecule has 0 atom stereocenters. The van der Waals surface area contributed by atoms with Crippen LogP contribution in [0, 0.1) is 0 Å². The van der Waals surface area contributed by atoms with Crippen LogP contribution in [-0.2, 0) is 6.42 Å². The summed E-state index contributed by atoms with van der Waals surface area (Å²) in [6, 6.07) is 9.78. The number of anilines is 1. The van der Waals surface area contributed by atoms with Crippen molar-refractivity contribution >= 4 is 32.3 Å².